The molecule has 4 aromatic rings. The predicted octanol–water partition coefficient (Wildman–Crippen LogP) is 2.14. The highest BCUT2D eigenvalue weighted by Gasteiger charge is 2.17. The molecule has 0 atom stereocenters. The number of nitrogens with two attached hydrogens (primary N) is 1. The van der Waals surface area contributed by atoms with Gasteiger partial charge in [-0.3, -0.25) is 9.59 Å². The van der Waals surface area contributed by atoms with Crippen LogP contribution in [0.25, 0.3) is 21.1 Å². The molecule has 9 nitrogen and oxygen atoms in total. The molecule has 0 radical (unpaired) electrons. The van der Waals surface area contributed by atoms with Gasteiger partial charge in [0.1, 0.15) is 6.54 Å². The number of aromatic amines is 1. The van der Waals surface area contributed by atoms with E-state index >= 15 is 0 Å². The number of H-pyrrole nitrogens is 1. The average Bonchev–Trinajstić information content (AvgIpc) is 3.29. The molecule has 0 saturated carbocycles. The maximum Gasteiger partial charge on any atom is 0.326 e. The van der Waals surface area contributed by atoms with Crippen LogP contribution in [-0.4, -0.2) is 36.5 Å². The molecule has 11 heteroatoms. The molecule has 0 bridgehead atoms. The number of esters is 1. The average molecular weight is 459 g/mol. The second-order valence-corrected chi connectivity index (χ2v) is 9.19. The zero-order valence-corrected chi connectivity index (χ0v) is 18.0. The molecule has 4 rings (SSSR count). The summed E-state index contributed by atoms with van der Waals surface area (Å²) in [5, 5.41) is 5.95. The van der Waals surface area contributed by atoms with Gasteiger partial charge in [-0.2, -0.15) is 4.99 Å². The molecule has 0 saturated heterocycles. The number of ether oxygens (including phenoxy) is 1. The summed E-state index contributed by atoms with van der Waals surface area (Å²) in [6.07, 6.45) is 1.58. The van der Waals surface area contributed by atoms with Crippen molar-refractivity contribution in [1.82, 2.24) is 9.55 Å². The second kappa shape index (κ2) is 8.10. The van der Waals surface area contributed by atoms with Gasteiger partial charge >= 0.3 is 5.97 Å². The SMILES string of the molecule is CCOC(=O)Cn1c(=NC(=O)c2c[nH]c3ccccc23)sc2cc(S(N)(=O)=O)ccc21. The van der Waals surface area contributed by atoms with Crippen LogP contribution in [0.2, 0.25) is 0 Å². The van der Waals surface area contributed by atoms with E-state index in [-0.39, 0.29) is 22.8 Å². The maximum absolute atomic E-state index is 12.9. The minimum absolute atomic E-state index is 0.0703. The third-order valence-electron chi connectivity index (χ3n) is 4.59. The third-order valence-corrected chi connectivity index (χ3v) is 6.54. The van der Waals surface area contributed by atoms with Crippen molar-refractivity contribution in [3.63, 3.8) is 0 Å². The maximum atomic E-state index is 12.9. The zero-order chi connectivity index (χ0) is 22.2. The fraction of sp³-hybridized carbons (Fsp3) is 0.150. The Morgan fingerprint density at radius 2 is 2.00 bits per heavy atom. The Labute approximate surface area is 180 Å². The van der Waals surface area contributed by atoms with Gasteiger partial charge in [-0.05, 0) is 31.2 Å². The normalized spacial score (nSPS) is 12.5. The number of para-hydroxylation sites is 1. The van der Waals surface area contributed by atoms with E-state index in [0.717, 1.165) is 22.2 Å². The van der Waals surface area contributed by atoms with Crippen molar-refractivity contribution in [3.8, 4) is 0 Å². The van der Waals surface area contributed by atoms with Gasteiger partial charge in [-0.15, -0.1) is 0 Å². The van der Waals surface area contributed by atoms with Crippen molar-refractivity contribution in [3.05, 3.63) is 59.0 Å². The number of rotatable bonds is 5. The van der Waals surface area contributed by atoms with Crippen LogP contribution >= 0.6 is 11.3 Å². The summed E-state index contributed by atoms with van der Waals surface area (Å²) in [7, 11) is -3.91. The molecule has 0 aliphatic carbocycles. The van der Waals surface area contributed by atoms with E-state index in [4.69, 9.17) is 9.88 Å². The zero-order valence-electron chi connectivity index (χ0n) is 16.4. The van der Waals surface area contributed by atoms with Gasteiger partial charge < -0.3 is 14.3 Å². The number of sulfonamides is 1. The summed E-state index contributed by atoms with van der Waals surface area (Å²) in [6, 6.07) is 11.6. The van der Waals surface area contributed by atoms with Gasteiger partial charge in [0.05, 0.1) is 27.3 Å². The molecular weight excluding hydrogens is 440 g/mol. The number of hydrogen-bond acceptors (Lipinski definition) is 6. The summed E-state index contributed by atoms with van der Waals surface area (Å²) in [6.45, 7) is 1.72. The lowest BCUT2D eigenvalue weighted by Crippen LogP contribution is -2.23. The molecule has 0 aliphatic rings. The van der Waals surface area contributed by atoms with Crippen LogP contribution in [0.15, 0.2) is 58.5 Å². The number of fused-ring (bicyclic) bond motifs is 2. The Kier molecular flexibility index (Phi) is 5.48. The lowest BCUT2D eigenvalue weighted by atomic mass is 10.2. The highest BCUT2D eigenvalue weighted by Crippen LogP contribution is 2.22. The van der Waals surface area contributed by atoms with Crippen LogP contribution in [-0.2, 0) is 26.1 Å². The number of thiazole rings is 1. The molecule has 0 spiro atoms. The molecule has 31 heavy (non-hydrogen) atoms. The van der Waals surface area contributed by atoms with Crippen molar-refractivity contribution in [2.45, 2.75) is 18.4 Å². The molecule has 160 valence electrons. The number of carbonyl (C=O) groups is 2. The number of amides is 1. The molecule has 3 N–H and O–H groups in total. The summed E-state index contributed by atoms with van der Waals surface area (Å²) in [5.41, 5.74) is 1.73. The van der Waals surface area contributed by atoms with Gasteiger partial charge in [0.15, 0.2) is 4.80 Å². The van der Waals surface area contributed by atoms with Crippen LogP contribution in [0, 0.1) is 0 Å². The van der Waals surface area contributed by atoms with Crippen molar-refractivity contribution >= 4 is 54.4 Å². The molecular formula is C20H18N4O5S2. The van der Waals surface area contributed by atoms with Gasteiger partial charge in [-0.1, -0.05) is 29.5 Å². The molecule has 0 fully saturated rings. The second-order valence-electron chi connectivity index (χ2n) is 6.62. The largest absolute Gasteiger partial charge is 0.465 e. The Bertz CT molecular complexity index is 1490. The standard InChI is InChI=1S/C20H18N4O5S2/c1-2-29-18(25)11-24-16-8-7-12(31(21,27)28)9-17(16)30-20(24)23-19(26)14-10-22-15-6-4-3-5-13(14)15/h3-10,22H,2,11H2,1H3,(H2,21,27,28). The van der Waals surface area contributed by atoms with E-state index < -0.39 is 21.9 Å². The monoisotopic (exact) mass is 458 g/mol. The summed E-state index contributed by atoms with van der Waals surface area (Å²) in [5.74, 6) is -0.994. The minimum Gasteiger partial charge on any atom is -0.465 e. The van der Waals surface area contributed by atoms with E-state index in [1.807, 2.05) is 24.3 Å². The molecule has 1 amide bonds. The van der Waals surface area contributed by atoms with Crippen molar-refractivity contribution in [2.24, 2.45) is 10.1 Å². The topological polar surface area (TPSA) is 137 Å². The lowest BCUT2D eigenvalue weighted by molar-refractivity contribution is -0.143. The quantitative estimate of drug-likeness (QED) is 0.442. The van der Waals surface area contributed by atoms with Crippen molar-refractivity contribution in [1.29, 1.82) is 0 Å². The fourth-order valence-electron chi connectivity index (χ4n) is 3.20. The smallest absolute Gasteiger partial charge is 0.326 e. The molecule has 0 unspecified atom stereocenters. The third kappa shape index (κ3) is 4.15. The first-order valence-corrected chi connectivity index (χ1v) is 11.6. The van der Waals surface area contributed by atoms with Crippen LogP contribution in [0.1, 0.15) is 17.3 Å². The summed E-state index contributed by atoms with van der Waals surface area (Å²) < 4.78 is 30.5. The van der Waals surface area contributed by atoms with E-state index in [9.17, 15) is 18.0 Å². The first kappa shape index (κ1) is 21.0. The number of primary sulfonamides is 1. The van der Waals surface area contributed by atoms with E-state index in [1.54, 1.807) is 13.1 Å². The van der Waals surface area contributed by atoms with Crippen molar-refractivity contribution in [2.75, 3.05) is 6.61 Å². The molecule has 2 aromatic carbocycles. The highest BCUT2D eigenvalue weighted by molar-refractivity contribution is 7.89. The minimum atomic E-state index is -3.91. The number of nitrogens with zero attached hydrogens (tertiary/aromatic N) is 2. The predicted molar refractivity (Wildman–Crippen MR) is 116 cm³/mol. The number of benzene rings is 2. The number of aromatic nitrogens is 2. The summed E-state index contributed by atoms with van der Waals surface area (Å²) >= 11 is 1.08. The van der Waals surface area contributed by atoms with Crippen molar-refractivity contribution < 1.29 is 22.7 Å². The van der Waals surface area contributed by atoms with Crippen LogP contribution in [0.5, 0.6) is 0 Å². The van der Waals surface area contributed by atoms with Gasteiger partial charge in [0.2, 0.25) is 10.0 Å². The number of hydrogen-bond donors (Lipinski definition) is 2. The lowest BCUT2D eigenvalue weighted by Gasteiger charge is -2.05. The van der Waals surface area contributed by atoms with E-state index in [0.29, 0.717) is 15.8 Å². The Hall–Kier alpha value is -3.28. The highest BCUT2D eigenvalue weighted by atomic mass is 32.2. The Balaban J connectivity index is 1.88. The molecule has 2 heterocycles. The van der Waals surface area contributed by atoms with Crippen LogP contribution < -0.4 is 9.94 Å². The molecule has 0 aliphatic heterocycles. The number of nitrogens with one attached hydrogen (secondary N) is 1. The van der Waals surface area contributed by atoms with Crippen LogP contribution in [0.3, 0.4) is 0 Å². The van der Waals surface area contributed by atoms with E-state index in [2.05, 4.69) is 9.98 Å². The number of carbonyl (C=O) groups excluding carboxylic acids is 2. The Morgan fingerprint density at radius 1 is 1.23 bits per heavy atom. The first-order valence-electron chi connectivity index (χ1n) is 9.25. The Morgan fingerprint density at radius 3 is 2.74 bits per heavy atom. The van der Waals surface area contributed by atoms with Gasteiger partial charge in [0.25, 0.3) is 5.91 Å². The first-order chi connectivity index (χ1) is 14.8. The van der Waals surface area contributed by atoms with Gasteiger partial charge in [-0.25, -0.2) is 13.6 Å². The van der Waals surface area contributed by atoms with Crippen LogP contribution in [0.4, 0.5) is 0 Å². The molecule has 2 aromatic heterocycles. The van der Waals surface area contributed by atoms with Gasteiger partial charge in [0, 0.05) is 17.1 Å². The summed E-state index contributed by atoms with van der Waals surface area (Å²) in [4.78, 5) is 32.5. The van der Waals surface area contributed by atoms with E-state index in [1.165, 1.54) is 22.8 Å². The fourth-order valence-corrected chi connectivity index (χ4v) is 4.88.